The molecule has 0 fully saturated rings. The van der Waals surface area contributed by atoms with E-state index in [9.17, 15) is 23.3 Å². The van der Waals surface area contributed by atoms with Crippen LogP contribution < -0.4 is 5.32 Å². The molecule has 0 saturated carbocycles. The Hall–Kier alpha value is -1.91. The highest BCUT2D eigenvalue weighted by Crippen LogP contribution is 2.35. The number of nitrogens with one attached hydrogen (secondary N) is 1. The zero-order valence-corrected chi connectivity index (χ0v) is 10.6. The van der Waals surface area contributed by atoms with Crippen LogP contribution >= 0.6 is 0 Å². The fourth-order valence-electron chi connectivity index (χ4n) is 1.52. The maximum Gasteiger partial charge on any atom is 0.416 e. The third-order valence-electron chi connectivity index (χ3n) is 2.83. The quantitative estimate of drug-likeness (QED) is 0.455. The largest absolute Gasteiger partial charge is 0.416 e. The fraction of sp³-hybridized carbons (Fsp3) is 0.455. The van der Waals surface area contributed by atoms with Crippen molar-refractivity contribution < 1.29 is 33.4 Å². The van der Waals surface area contributed by atoms with Gasteiger partial charge in [0.05, 0.1) is 30.3 Å². The van der Waals surface area contributed by atoms with Gasteiger partial charge in [-0.05, 0) is 12.1 Å². The molecule has 0 unspecified atom stereocenters. The maximum atomic E-state index is 12.5. The number of alkyl halides is 3. The number of nitro benzene ring substituents is 1. The molecule has 0 aromatic heterocycles. The first-order valence-electron chi connectivity index (χ1n) is 5.65. The predicted octanol–water partition coefficient (Wildman–Crippen LogP) is 0.741. The molecule has 0 saturated heterocycles. The number of benzene rings is 1. The van der Waals surface area contributed by atoms with Crippen molar-refractivity contribution in [1.29, 1.82) is 0 Å². The van der Waals surface area contributed by atoms with Crippen LogP contribution in [0, 0.1) is 10.1 Å². The molecule has 118 valence electrons. The van der Waals surface area contributed by atoms with E-state index in [0.717, 1.165) is 6.07 Å². The van der Waals surface area contributed by atoms with Crippen LogP contribution in [0.25, 0.3) is 0 Å². The molecular formula is C11H13F3N2O5. The lowest BCUT2D eigenvalue weighted by molar-refractivity contribution is -0.384. The zero-order chi connectivity index (χ0) is 16.3. The number of aliphatic hydroxyl groups excluding tert-OH is 3. The van der Waals surface area contributed by atoms with Gasteiger partial charge < -0.3 is 20.6 Å². The summed E-state index contributed by atoms with van der Waals surface area (Å²) in [4.78, 5) is 9.83. The van der Waals surface area contributed by atoms with Gasteiger partial charge in [0.2, 0.25) is 0 Å². The molecule has 0 bridgehead atoms. The van der Waals surface area contributed by atoms with Crippen molar-refractivity contribution in [3.63, 3.8) is 0 Å². The minimum absolute atomic E-state index is 0.333. The lowest BCUT2D eigenvalue weighted by atomic mass is 10.0. The third kappa shape index (κ3) is 3.80. The van der Waals surface area contributed by atoms with Crippen molar-refractivity contribution in [2.24, 2.45) is 0 Å². The molecule has 0 heterocycles. The minimum atomic E-state index is -4.74. The molecule has 1 aromatic rings. The molecule has 1 aromatic carbocycles. The molecule has 10 heteroatoms. The molecule has 7 nitrogen and oxygen atoms in total. The van der Waals surface area contributed by atoms with E-state index in [0.29, 0.717) is 12.1 Å². The molecule has 0 aliphatic carbocycles. The predicted molar refractivity (Wildman–Crippen MR) is 65.7 cm³/mol. The van der Waals surface area contributed by atoms with Crippen molar-refractivity contribution in [3.05, 3.63) is 33.9 Å². The van der Waals surface area contributed by atoms with Crippen molar-refractivity contribution in [2.75, 3.05) is 25.1 Å². The minimum Gasteiger partial charge on any atom is -0.394 e. The van der Waals surface area contributed by atoms with E-state index in [2.05, 4.69) is 5.32 Å². The second-order valence-corrected chi connectivity index (χ2v) is 4.37. The number of hydrogen-bond donors (Lipinski definition) is 4. The standard InChI is InChI=1S/C11H13F3N2O5/c12-11(13,14)7-1-2-8(9(3-7)16(20)21)15-10(4-17,5-18)6-19/h1-3,15,17-19H,4-6H2. The average Bonchev–Trinajstić information content (AvgIpc) is 2.43. The molecule has 0 amide bonds. The molecule has 0 aliphatic rings. The normalized spacial score (nSPS) is 12.3. The lowest BCUT2D eigenvalue weighted by Gasteiger charge is -2.29. The maximum absolute atomic E-state index is 12.5. The number of halogens is 3. The van der Waals surface area contributed by atoms with Gasteiger partial charge in [0.25, 0.3) is 5.69 Å². The lowest BCUT2D eigenvalue weighted by Crippen LogP contribution is -2.49. The van der Waals surface area contributed by atoms with Crippen LogP contribution in [0.1, 0.15) is 5.56 Å². The van der Waals surface area contributed by atoms with E-state index in [1.807, 2.05) is 0 Å². The Bertz CT molecular complexity index is 509. The van der Waals surface area contributed by atoms with E-state index < -0.39 is 47.7 Å². The number of nitrogens with zero attached hydrogens (tertiary/aromatic N) is 1. The number of aliphatic hydroxyl groups is 3. The van der Waals surface area contributed by atoms with Gasteiger partial charge in [0.15, 0.2) is 0 Å². The number of hydrogen-bond acceptors (Lipinski definition) is 6. The Kier molecular flexibility index (Phi) is 5.10. The van der Waals surface area contributed by atoms with Gasteiger partial charge in [-0.3, -0.25) is 10.1 Å². The fourth-order valence-corrected chi connectivity index (χ4v) is 1.52. The van der Waals surface area contributed by atoms with Crippen molar-refractivity contribution in [2.45, 2.75) is 11.7 Å². The van der Waals surface area contributed by atoms with Crippen LogP contribution in [0.2, 0.25) is 0 Å². The summed E-state index contributed by atoms with van der Waals surface area (Å²) in [7, 11) is 0. The summed E-state index contributed by atoms with van der Waals surface area (Å²) in [6.45, 7) is -2.34. The van der Waals surface area contributed by atoms with Gasteiger partial charge in [-0.25, -0.2) is 0 Å². The smallest absolute Gasteiger partial charge is 0.394 e. The Morgan fingerprint density at radius 1 is 1.14 bits per heavy atom. The molecular weight excluding hydrogens is 297 g/mol. The van der Waals surface area contributed by atoms with Crippen LogP contribution in [0.5, 0.6) is 0 Å². The van der Waals surface area contributed by atoms with E-state index in [1.54, 1.807) is 0 Å². The summed E-state index contributed by atoms with van der Waals surface area (Å²) in [6.07, 6.45) is -4.74. The number of rotatable bonds is 6. The first-order valence-corrected chi connectivity index (χ1v) is 5.65. The van der Waals surface area contributed by atoms with Gasteiger partial charge in [-0.15, -0.1) is 0 Å². The van der Waals surface area contributed by atoms with Gasteiger partial charge in [0.1, 0.15) is 11.2 Å². The van der Waals surface area contributed by atoms with Gasteiger partial charge in [0, 0.05) is 6.07 Å². The van der Waals surface area contributed by atoms with Crippen LogP contribution in [-0.4, -0.2) is 45.6 Å². The summed E-state index contributed by atoms with van der Waals surface area (Å²) >= 11 is 0. The first kappa shape index (κ1) is 17.1. The summed E-state index contributed by atoms with van der Waals surface area (Å²) in [6, 6.07) is 1.75. The average molecular weight is 310 g/mol. The molecule has 0 radical (unpaired) electrons. The second kappa shape index (κ2) is 6.24. The highest BCUT2D eigenvalue weighted by Gasteiger charge is 2.35. The Labute approximate surface area is 116 Å². The summed E-state index contributed by atoms with van der Waals surface area (Å²) in [5.41, 5.74) is -4.14. The van der Waals surface area contributed by atoms with Crippen molar-refractivity contribution >= 4 is 11.4 Å². The van der Waals surface area contributed by atoms with Crippen LogP contribution in [0.4, 0.5) is 24.5 Å². The summed E-state index contributed by atoms with van der Waals surface area (Å²) in [5.74, 6) is 0. The van der Waals surface area contributed by atoms with Crippen molar-refractivity contribution in [1.82, 2.24) is 0 Å². The topological polar surface area (TPSA) is 116 Å². The molecule has 0 spiro atoms. The third-order valence-corrected chi connectivity index (χ3v) is 2.83. The molecule has 21 heavy (non-hydrogen) atoms. The van der Waals surface area contributed by atoms with E-state index in [1.165, 1.54) is 0 Å². The highest BCUT2D eigenvalue weighted by molar-refractivity contribution is 5.64. The molecule has 4 N–H and O–H groups in total. The van der Waals surface area contributed by atoms with Crippen LogP contribution in [0.15, 0.2) is 18.2 Å². The SMILES string of the molecule is O=[N+]([O-])c1cc(C(F)(F)F)ccc1NC(CO)(CO)CO. The Morgan fingerprint density at radius 3 is 2.05 bits per heavy atom. The molecule has 0 aliphatic heterocycles. The first-order chi connectivity index (χ1) is 9.69. The van der Waals surface area contributed by atoms with Crippen molar-refractivity contribution in [3.8, 4) is 0 Å². The summed E-state index contributed by atoms with van der Waals surface area (Å²) < 4.78 is 37.6. The Morgan fingerprint density at radius 2 is 1.67 bits per heavy atom. The van der Waals surface area contributed by atoms with Gasteiger partial charge in [-0.2, -0.15) is 13.2 Å². The van der Waals surface area contributed by atoms with Crippen LogP contribution in [0.3, 0.4) is 0 Å². The molecule has 1 rings (SSSR count). The number of anilines is 1. The van der Waals surface area contributed by atoms with Gasteiger partial charge >= 0.3 is 6.18 Å². The second-order valence-electron chi connectivity index (χ2n) is 4.37. The number of nitro groups is 1. The van der Waals surface area contributed by atoms with Crippen LogP contribution in [-0.2, 0) is 6.18 Å². The Balaban J connectivity index is 3.28. The highest BCUT2D eigenvalue weighted by atomic mass is 19.4. The van der Waals surface area contributed by atoms with E-state index >= 15 is 0 Å². The molecule has 0 atom stereocenters. The zero-order valence-electron chi connectivity index (χ0n) is 10.6. The van der Waals surface area contributed by atoms with E-state index in [4.69, 9.17) is 15.3 Å². The van der Waals surface area contributed by atoms with E-state index in [-0.39, 0.29) is 5.69 Å². The van der Waals surface area contributed by atoms with Gasteiger partial charge in [-0.1, -0.05) is 0 Å². The summed E-state index contributed by atoms with van der Waals surface area (Å²) in [5, 5.41) is 40.5. The monoisotopic (exact) mass is 310 g/mol.